The number of hydrogen-bond acceptors (Lipinski definition) is 2. The maximum Gasteiger partial charge on any atom is 0.255 e. The minimum Gasteiger partial charge on any atom is -0.338 e. The molecule has 5 heteroatoms. The molecule has 0 spiro atoms. The number of likely N-dealkylation sites (tertiary alicyclic amines) is 1. The highest BCUT2D eigenvalue weighted by Crippen LogP contribution is 2.29. The van der Waals surface area contributed by atoms with Gasteiger partial charge in [0.15, 0.2) is 0 Å². The second kappa shape index (κ2) is 5.50. The average Bonchev–Trinajstić information content (AvgIpc) is 3.23. The Morgan fingerprint density at radius 2 is 2.09 bits per heavy atom. The van der Waals surface area contributed by atoms with Gasteiger partial charge in [0.05, 0.1) is 5.56 Å². The van der Waals surface area contributed by atoms with E-state index in [1.807, 2.05) is 28.8 Å². The van der Waals surface area contributed by atoms with Crippen LogP contribution in [0.4, 0.5) is 4.39 Å². The standard InChI is InChI=1S/C18H16FN3O/c19-16-4-2-1-3-15(16)13-7-9-22(11-13)18(23)14-5-6-17-20-8-10-21(17)12-14/h1-6,8,10,12-13H,7,9,11H2/t13-/m0/s1. The number of imidazole rings is 1. The number of amides is 1. The zero-order valence-corrected chi connectivity index (χ0v) is 12.5. The Labute approximate surface area is 133 Å². The molecule has 0 unspecified atom stereocenters. The normalized spacial score (nSPS) is 17.8. The van der Waals surface area contributed by atoms with Crippen LogP contribution in [0.2, 0.25) is 0 Å². The molecule has 4 nitrogen and oxygen atoms in total. The molecule has 23 heavy (non-hydrogen) atoms. The van der Waals surface area contributed by atoms with Crippen LogP contribution in [0.5, 0.6) is 0 Å². The number of benzene rings is 1. The molecule has 1 aromatic carbocycles. The summed E-state index contributed by atoms with van der Waals surface area (Å²) in [5.41, 5.74) is 2.14. The van der Waals surface area contributed by atoms with Crippen molar-refractivity contribution < 1.29 is 9.18 Å². The summed E-state index contributed by atoms with van der Waals surface area (Å²) in [6.45, 7) is 1.21. The summed E-state index contributed by atoms with van der Waals surface area (Å²) in [6.07, 6.45) is 6.10. The molecule has 1 fully saturated rings. The Hall–Kier alpha value is -2.69. The van der Waals surface area contributed by atoms with E-state index in [9.17, 15) is 9.18 Å². The second-order valence-corrected chi connectivity index (χ2v) is 5.87. The lowest BCUT2D eigenvalue weighted by molar-refractivity contribution is 0.0790. The number of carbonyl (C=O) groups excluding carboxylic acids is 1. The van der Waals surface area contributed by atoms with E-state index in [-0.39, 0.29) is 17.6 Å². The summed E-state index contributed by atoms with van der Waals surface area (Å²) in [6, 6.07) is 10.4. The lowest BCUT2D eigenvalue weighted by atomic mass is 9.98. The number of pyridine rings is 1. The maximum absolute atomic E-state index is 13.9. The van der Waals surface area contributed by atoms with E-state index in [0.717, 1.165) is 12.1 Å². The van der Waals surface area contributed by atoms with Crippen molar-refractivity contribution in [3.63, 3.8) is 0 Å². The minimum atomic E-state index is -0.188. The van der Waals surface area contributed by atoms with Gasteiger partial charge in [0.25, 0.3) is 5.91 Å². The Morgan fingerprint density at radius 1 is 1.22 bits per heavy atom. The van der Waals surface area contributed by atoms with Crippen LogP contribution in [-0.4, -0.2) is 33.3 Å². The highest BCUT2D eigenvalue weighted by molar-refractivity contribution is 5.94. The molecule has 116 valence electrons. The summed E-state index contributed by atoms with van der Waals surface area (Å²) >= 11 is 0. The van der Waals surface area contributed by atoms with Gasteiger partial charge < -0.3 is 9.30 Å². The maximum atomic E-state index is 13.9. The van der Waals surface area contributed by atoms with Crippen LogP contribution >= 0.6 is 0 Å². The predicted molar refractivity (Wildman–Crippen MR) is 84.9 cm³/mol. The first kappa shape index (κ1) is 13.9. The molecule has 0 aliphatic carbocycles. The van der Waals surface area contributed by atoms with E-state index >= 15 is 0 Å². The van der Waals surface area contributed by atoms with Gasteiger partial charge in [-0.25, -0.2) is 9.37 Å². The van der Waals surface area contributed by atoms with Gasteiger partial charge in [0.1, 0.15) is 11.5 Å². The zero-order valence-electron chi connectivity index (χ0n) is 12.5. The zero-order chi connectivity index (χ0) is 15.8. The second-order valence-electron chi connectivity index (χ2n) is 5.87. The molecule has 3 aromatic rings. The van der Waals surface area contributed by atoms with Crippen molar-refractivity contribution in [3.8, 4) is 0 Å². The van der Waals surface area contributed by atoms with Gasteiger partial charge in [0, 0.05) is 37.6 Å². The SMILES string of the molecule is O=C(c1ccc2nccn2c1)N1CC[C@H](c2ccccc2F)C1. The summed E-state index contributed by atoms with van der Waals surface area (Å²) < 4.78 is 15.7. The molecule has 1 amide bonds. The van der Waals surface area contributed by atoms with E-state index in [0.29, 0.717) is 24.2 Å². The molecular formula is C18H16FN3O. The molecule has 4 rings (SSSR count). The molecule has 1 saturated heterocycles. The molecular weight excluding hydrogens is 293 g/mol. The largest absolute Gasteiger partial charge is 0.338 e. The number of rotatable bonds is 2. The number of halogens is 1. The Kier molecular flexibility index (Phi) is 3.33. The number of aromatic nitrogens is 2. The highest BCUT2D eigenvalue weighted by atomic mass is 19.1. The fourth-order valence-electron chi connectivity index (χ4n) is 3.23. The first-order chi connectivity index (χ1) is 11.2. The third-order valence-corrected chi connectivity index (χ3v) is 4.46. The van der Waals surface area contributed by atoms with Crippen LogP contribution in [0.25, 0.3) is 5.65 Å². The third-order valence-electron chi connectivity index (χ3n) is 4.46. The highest BCUT2D eigenvalue weighted by Gasteiger charge is 2.29. The van der Waals surface area contributed by atoms with Crippen LogP contribution in [0.15, 0.2) is 55.0 Å². The van der Waals surface area contributed by atoms with Gasteiger partial charge in [-0.3, -0.25) is 4.79 Å². The van der Waals surface area contributed by atoms with E-state index < -0.39 is 0 Å². The van der Waals surface area contributed by atoms with Crippen molar-refractivity contribution in [3.05, 3.63) is 71.9 Å². The molecule has 1 aliphatic heterocycles. The van der Waals surface area contributed by atoms with Crippen LogP contribution in [0.3, 0.4) is 0 Å². The van der Waals surface area contributed by atoms with E-state index in [1.54, 1.807) is 29.4 Å². The minimum absolute atomic E-state index is 0.0144. The smallest absolute Gasteiger partial charge is 0.255 e. The molecule has 0 radical (unpaired) electrons. The van der Waals surface area contributed by atoms with Gasteiger partial charge in [0.2, 0.25) is 0 Å². The van der Waals surface area contributed by atoms with Crippen molar-refractivity contribution in [2.75, 3.05) is 13.1 Å². The number of carbonyl (C=O) groups is 1. The van der Waals surface area contributed by atoms with E-state index in [1.165, 1.54) is 6.07 Å². The van der Waals surface area contributed by atoms with Crippen LogP contribution in [0.1, 0.15) is 28.3 Å². The van der Waals surface area contributed by atoms with Gasteiger partial charge in [-0.15, -0.1) is 0 Å². The van der Waals surface area contributed by atoms with Crippen LogP contribution in [0, 0.1) is 5.82 Å². The molecule has 1 atom stereocenters. The molecule has 3 heterocycles. The fourth-order valence-corrected chi connectivity index (χ4v) is 3.23. The summed E-state index contributed by atoms with van der Waals surface area (Å²) in [4.78, 5) is 18.6. The van der Waals surface area contributed by atoms with Gasteiger partial charge in [-0.1, -0.05) is 18.2 Å². The number of fused-ring (bicyclic) bond motifs is 1. The topological polar surface area (TPSA) is 37.6 Å². The van der Waals surface area contributed by atoms with Crippen molar-refractivity contribution in [2.24, 2.45) is 0 Å². The first-order valence-corrected chi connectivity index (χ1v) is 7.69. The monoisotopic (exact) mass is 309 g/mol. The third kappa shape index (κ3) is 2.48. The van der Waals surface area contributed by atoms with Crippen molar-refractivity contribution in [1.29, 1.82) is 0 Å². The number of nitrogens with zero attached hydrogens (tertiary/aromatic N) is 3. The first-order valence-electron chi connectivity index (χ1n) is 7.69. The van der Waals surface area contributed by atoms with Crippen molar-refractivity contribution >= 4 is 11.6 Å². The van der Waals surface area contributed by atoms with Crippen LogP contribution in [-0.2, 0) is 0 Å². The van der Waals surface area contributed by atoms with E-state index in [4.69, 9.17) is 0 Å². The van der Waals surface area contributed by atoms with Gasteiger partial charge in [-0.2, -0.15) is 0 Å². The summed E-state index contributed by atoms with van der Waals surface area (Å²) in [5, 5.41) is 0. The van der Waals surface area contributed by atoms with Gasteiger partial charge in [-0.05, 0) is 30.2 Å². The van der Waals surface area contributed by atoms with E-state index in [2.05, 4.69) is 4.98 Å². The van der Waals surface area contributed by atoms with Crippen LogP contribution < -0.4 is 0 Å². The quantitative estimate of drug-likeness (QED) is 0.729. The fraction of sp³-hybridized carbons (Fsp3) is 0.222. The lowest BCUT2D eigenvalue weighted by Gasteiger charge is -2.17. The summed E-state index contributed by atoms with van der Waals surface area (Å²) in [5.74, 6) is -0.136. The van der Waals surface area contributed by atoms with Crippen molar-refractivity contribution in [1.82, 2.24) is 14.3 Å². The Bertz CT molecular complexity index is 873. The lowest BCUT2D eigenvalue weighted by Crippen LogP contribution is -2.28. The molecule has 0 saturated carbocycles. The molecule has 2 aromatic heterocycles. The van der Waals surface area contributed by atoms with Gasteiger partial charge >= 0.3 is 0 Å². The molecule has 0 N–H and O–H groups in total. The average molecular weight is 309 g/mol. The predicted octanol–water partition coefficient (Wildman–Crippen LogP) is 3.10. The molecule has 1 aliphatic rings. The molecule has 0 bridgehead atoms. The Morgan fingerprint density at radius 3 is 2.96 bits per heavy atom. The summed E-state index contributed by atoms with van der Waals surface area (Å²) in [7, 11) is 0. The van der Waals surface area contributed by atoms with Crippen molar-refractivity contribution in [2.45, 2.75) is 12.3 Å². The number of hydrogen-bond donors (Lipinski definition) is 0. The Balaban J connectivity index is 1.55.